The van der Waals surface area contributed by atoms with Gasteiger partial charge in [-0.2, -0.15) is 0 Å². The number of fused-ring (bicyclic) bond motifs is 1. The molecule has 2 aromatic carbocycles. The maximum absolute atomic E-state index is 13.1. The minimum absolute atomic E-state index is 0.226. The number of aromatic nitrogens is 1. The number of aryl methyl sites for hydroxylation is 1. The Bertz CT molecular complexity index is 1040. The van der Waals surface area contributed by atoms with Gasteiger partial charge in [-0.05, 0) is 67.6 Å². The molecule has 2 heterocycles. The highest BCUT2D eigenvalue weighted by Crippen LogP contribution is 2.33. The SMILES string of the molecule is Cc1ccc(CNc2ccc3c(Sc4ccc(F)cc4)cccc3n2)o1. The second-order valence-corrected chi connectivity index (χ2v) is 7.06. The Kier molecular flexibility index (Phi) is 4.63. The minimum atomic E-state index is -0.226. The van der Waals surface area contributed by atoms with Crippen molar-refractivity contribution < 1.29 is 8.81 Å². The van der Waals surface area contributed by atoms with Crippen molar-refractivity contribution in [1.29, 1.82) is 0 Å². The lowest BCUT2D eigenvalue weighted by molar-refractivity contribution is 0.490. The summed E-state index contributed by atoms with van der Waals surface area (Å²) in [5.74, 6) is 2.35. The van der Waals surface area contributed by atoms with Crippen molar-refractivity contribution in [2.24, 2.45) is 0 Å². The molecule has 2 aromatic heterocycles. The fourth-order valence-corrected chi connectivity index (χ4v) is 3.66. The van der Waals surface area contributed by atoms with E-state index in [0.29, 0.717) is 6.54 Å². The van der Waals surface area contributed by atoms with E-state index < -0.39 is 0 Å². The summed E-state index contributed by atoms with van der Waals surface area (Å²) in [5.41, 5.74) is 0.915. The summed E-state index contributed by atoms with van der Waals surface area (Å²) in [6, 6.07) is 20.5. The first-order valence-corrected chi connectivity index (χ1v) is 9.11. The minimum Gasteiger partial charge on any atom is -0.465 e. The summed E-state index contributed by atoms with van der Waals surface area (Å²) < 4.78 is 18.7. The molecule has 0 atom stereocenters. The molecular weight excluding hydrogens is 347 g/mol. The standard InChI is InChI=1S/C21H17FN2OS/c1-14-5-8-16(25-14)13-23-21-12-11-18-19(24-21)3-2-4-20(18)26-17-9-6-15(22)7-10-17/h2-12H,13H2,1H3,(H,23,24). The number of anilines is 1. The van der Waals surface area contributed by atoms with Crippen molar-refractivity contribution >= 4 is 28.5 Å². The van der Waals surface area contributed by atoms with Crippen molar-refractivity contribution in [3.8, 4) is 0 Å². The van der Waals surface area contributed by atoms with Crippen molar-refractivity contribution in [3.63, 3.8) is 0 Å². The average molecular weight is 364 g/mol. The van der Waals surface area contributed by atoms with E-state index in [1.165, 1.54) is 12.1 Å². The molecular formula is C21H17FN2OS. The molecule has 130 valence electrons. The smallest absolute Gasteiger partial charge is 0.127 e. The van der Waals surface area contributed by atoms with Gasteiger partial charge < -0.3 is 9.73 Å². The van der Waals surface area contributed by atoms with Gasteiger partial charge in [0.25, 0.3) is 0 Å². The summed E-state index contributed by atoms with van der Waals surface area (Å²) in [6.07, 6.45) is 0. The zero-order valence-corrected chi connectivity index (χ0v) is 15.0. The van der Waals surface area contributed by atoms with Crippen LogP contribution in [0, 0.1) is 12.7 Å². The van der Waals surface area contributed by atoms with Gasteiger partial charge in [-0.25, -0.2) is 9.37 Å². The molecule has 4 rings (SSSR count). The zero-order valence-electron chi connectivity index (χ0n) is 14.2. The summed E-state index contributed by atoms with van der Waals surface area (Å²) in [6.45, 7) is 2.52. The Morgan fingerprint density at radius 1 is 1.00 bits per heavy atom. The number of nitrogens with one attached hydrogen (secondary N) is 1. The number of furan rings is 1. The molecule has 0 aliphatic heterocycles. The molecule has 0 fully saturated rings. The van der Waals surface area contributed by atoms with Crippen LogP contribution in [0.1, 0.15) is 11.5 Å². The first-order valence-electron chi connectivity index (χ1n) is 8.30. The first-order chi connectivity index (χ1) is 12.7. The van der Waals surface area contributed by atoms with E-state index in [2.05, 4.69) is 22.4 Å². The largest absolute Gasteiger partial charge is 0.465 e. The van der Waals surface area contributed by atoms with Gasteiger partial charge in [0.15, 0.2) is 0 Å². The highest BCUT2D eigenvalue weighted by molar-refractivity contribution is 7.99. The molecule has 0 unspecified atom stereocenters. The molecule has 0 spiro atoms. The van der Waals surface area contributed by atoms with E-state index in [-0.39, 0.29) is 5.82 Å². The lowest BCUT2D eigenvalue weighted by Gasteiger charge is -2.09. The molecule has 0 saturated carbocycles. The van der Waals surface area contributed by atoms with Gasteiger partial charge in [0.2, 0.25) is 0 Å². The van der Waals surface area contributed by atoms with E-state index in [0.717, 1.165) is 38.0 Å². The molecule has 26 heavy (non-hydrogen) atoms. The number of pyridine rings is 1. The number of nitrogens with zero attached hydrogens (tertiary/aromatic N) is 1. The van der Waals surface area contributed by atoms with Crippen LogP contribution in [0.2, 0.25) is 0 Å². The van der Waals surface area contributed by atoms with Gasteiger partial charge in [0.1, 0.15) is 23.2 Å². The van der Waals surface area contributed by atoms with Crippen molar-refractivity contribution in [1.82, 2.24) is 4.98 Å². The first kappa shape index (κ1) is 16.7. The van der Waals surface area contributed by atoms with Crippen LogP contribution >= 0.6 is 11.8 Å². The molecule has 5 heteroatoms. The summed E-state index contributed by atoms with van der Waals surface area (Å²) in [4.78, 5) is 6.77. The number of halogens is 1. The number of hydrogen-bond acceptors (Lipinski definition) is 4. The summed E-state index contributed by atoms with van der Waals surface area (Å²) in [5, 5.41) is 4.36. The number of benzene rings is 2. The van der Waals surface area contributed by atoms with Gasteiger partial charge >= 0.3 is 0 Å². The van der Waals surface area contributed by atoms with Crippen LogP contribution in [0.4, 0.5) is 10.2 Å². The monoisotopic (exact) mass is 364 g/mol. The summed E-state index contributed by atoms with van der Waals surface area (Å²) in [7, 11) is 0. The van der Waals surface area contributed by atoms with Crippen LogP contribution in [0.25, 0.3) is 10.9 Å². The topological polar surface area (TPSA) is 38.1 Å². The van der Waals surface area contributed by atoms with Gasteiger partial charge in [-0.3, -0.25) is 0 Å². The van der Waals surface area contributed by atoms with E-state index in [1.54, 1.807) is 23.9 Å². The third kappa shape index (κ3) is 3.73. The zero-order chi connectivity index (χ0) is 17.9. The highest BCUT2D eigenvalue weighted by atomic mass is 32.2. The fourth-order valence-electron chi connectivity index (χ4n) is 2.70. The Hall–Kier alpha value is -2.79. The van der Waals surface area contributed by atoms with Crippen LogP contribution in [-0.2, 0) is 6.54 Å². The van der Waals surface area contributed by atoms with Crippen LogP contribution in [0.3, 0.4) is 0 Å². The molecule has 0 saturated heterocycles. The number of rotatable bonds is 5. The third-order valence-corrected chi connectivity index (χ3v) is 5.06. The molecule has 0 radical (unpaired) electrons. The van der Waals surface area contributed by atoms with Crippen LogP contribution in [-0.4, -0.2) is 4.98 Å². The van der Waals surface area contributed by atoms with Crippen molar-refractivity contribution in [2.45, 2.75) is 23.3 Å². The Balaban J connectivity index is 1.56. The summed E-state index contributed by atoms with van der Waals surface area (Å²) >= 11 is 1.60. The van der Waals surface area contributed by atoms with Gasteiger partial charge in [-0.15, -0.1) is 0 Å². The fraction of sp³-hybridized carbons (Fsp3) is 0.0952. The highest BCUT2D eigenvalue weighted by Gasteiger charge is 2.06. The lowest BCUT2D eigenvalue weighted by Crippen LogP contribution is -2.00. The van der Waals surface area contributed by atoms with Crippen molar-refractivity contribution in [3.05, 3.63) is 84.1 Å². The molecule has 0 aliphatic rings. The quantitative estimate of drug-likeness (QED) is 0.468. The Morgan fingerprint density at radius 3 is 2.62 bits per heavy atom. The predicted molar refractivity (Wildman–Crippen MR) is 103 cm³/mol. The molecule has 4 aromatic rings. The second kappa shape index (κ2) is 7.22. The van der Waals surface area contributed by atoms with Crippen LogP contribution in [0.5, 0.6) is 0 Å². The molecule has 1 N–H and O–H groups in total. The van der Waals surface area contributed by atoms with Crippen LogP contribution < -0.4 is 5.32 Å². The lowest BCUT2D eigenvalue weighted by atomic mass is 10.2. The molecule has 3 nitrogen and oxygen atoms in total. The maximum atomic E-state index is 13.1. The van der Waals surface area contributed by atoms with Gasteiger partial charge in [-0.1, -0.05) is 17.8 Å². The van der Waals surface area contributed by atoms with E-state index in [9.17, 15) is 4.39 Å². The normalized spacial score (nSPS) is 11.0. The van der Waals surface area contributed by atoms with Gasteiger partial charge in [0, 0.05) is 15.2 Å². The van der Waals surface area contributed by atoms with Crippen LogP contribution in [0.15, 0.2) is 80.9 Å². The molecule has 0 bridgehead atoms. The third-order valence-electron chi connectivity index (χ3n) is 3.97. The average Bonchev–Trinajstić information content (AvgIpc) is 3.07. The van der Waals surface area contributed by atoms with E-state index in [4.69, 9.17) is 4.42 Å². The Labute approximate surface area is 155 Å². The number of hydrogen-bond donors (Lipinski definition) is 1. The Morgan fingerprint density at radius 2 is 1.85 bits per heavy atom. The predicted octanol–water partition coefficient (Wildman–Crippen LogP) is 6.04. The maximum Gasteiger partial charge on any atom is 0.127 e. The van der Waals surface area contributed by atoms with E-state index >= 15 is 0 Å². The molecule has 0 amide bonds. The van der Waals surface area contributed by atoms with Gasteiger partial charge in [0.05, 0.1) is 12.1 Å². The van der Waals surface area contributed by atoms with E-state index in [1.807, 2.05) is 37.3 Å². The second-order valence-electron chi connectivity index (χ2n) is 5.94. The van der Waals surface area contributed by atoms with Crippen molar-refractivity contribution in [2.75, 3.05) is 5.32 Å². The molecule has 0 aliphatic carbocycles.